The number of nitrogens with two attached hydrogens (primary N) is 1. The molecule has 1 aromatic carbocycles. The van der Waals surface area contributed by atoms with E-state index >= 15 is 0 Å². The summed E-state index contributed by atoms with van der Waals surface area (Å²) in [4.78, 5) is 10.3. The Morgan fingerprint density at radius 2 is 1.80 bits per heavy atom. The lowest BCUT2D eigenvalue weighted by Gasteiger charge is -1.99. The van der Waals surface area contributed by atoms with Crippen molar-refractivity contribution in [2.75, 3.05) is 0 Å². The first-order chi connectivity index (χ1) is 7.00. The minimum Gasteiger partial charge on any atom is -0.369 e. The fraction of sp³-hybridized carbons (Fsp3) is 0.100. The molecule has 0 bridgehead atoms. The molecule has 0 saturated carbocycles. The Hall–Kier alpha value is -1.78. The molecule has 0 aliphatic rings. The van der Waals surface area contributed by atoms with Crippen molar-refractivity contribution in [2.45, 2.75) is 6.42 Å². The molecule has 0 radical (unpaired) electrons. The monoisotopic (exact) mass is 215 g/mol. The number of halogens is 3. The van der Waals surface area contributed by atoms with Gasteiger partial charge in [0.05, 0.1) is 0 Å². The van der Waals surface area contributed by atoms with Crippen LogP contribution in [0, 0.1) is 17.5 Å². The molecule has 1 rings (SSSR count). The lowest BCUT2D eigenvalue weighted by molar-refractivity contribution is -0.117. The zero-order chi connectivity index (χ0) is 11.4. The molecule has 0 atom stereocenters. The summed E-state index contributed by atoms with van der Waals surface area (Å²) in [5.74, 6) is -3.65. The Morgan fingerprint density at radius 3 is 2.27 bits per heavy atom. The SMILES string of the molecule is NC(=O)CC=Cc1c(F)cc(F)cc1F. The van der Waals surface area contributed by atoms with Crippen LogP contribution in [0.5, 0.6) is 0 Å². The van der Waals surface area contributed by atoms with Crippen LogP contribution < -0.4 is 5.73 Å². The predicted molar refractivity (Wildman–Crippen MR) is 49.2 cm³/mol. The molecular weight excluding hydrogens is 207 g/mol. The van der Waals surface area contributed by atoms with E-state index in [1.54, 1.807) is 0 Å². The Labute approximate surface area is 84.2 Å². The molecule has 0 aliphatic carbocycles. The predicted octanol–water partition coefficient (Wildman–Crippen LogP) is 1.99. The highest BCUT2D eigenvalue weighted by Crippen LogP contribution is 2.16. The standard InChI is InChI=1S/C10H8F3NO/c11-6-4-8(12)7(9(13)5-6)2-1-3-10(14)15/h1-2,4-5H,3H2,(H2,14,15). The number of rotatable bonds is 3. The van der Waals surface area contributed by atoms with E-state index in [-0.39, 0.29) is 6.42 Å². The normalized spacial score (nSPS) is 10.9. The maximum Gasteiger partial charge on any atom is 0.221 e. The molecule has 0 aliphatic heterocycles. The van der Waals surface area contributed by atoms with Gasteiger partial charge in [0, 0.05) is 24.1 Å². The van der Waals surface area contributed by atoms with Crippen molar-refractivity contribution in [3.63, 3.8) is 0 Å². The van der Waals surface area contributed by atoms with E-state index in [0.29, 0.717) is 12.1 Å². The molecule has 0 spiro atoms. The maximum atomic E-state index is 13.0. The van der Waals surface area contributed by atoms with Gasteiger partial charge in [-0.1, -0.05) is 12.2 Å². The lowest BCUT2D eigenvalue weighted by atomic mass is 10.1. The average molecular weight is 215 g/mol. The summed E-state index contributed by atoms with van der Waals surface area (Å²) in [5.41, 5.74) is 4.43. The third-order valence-electron chi connectivity index (χ3n) is 1.65. The van der Waals surface area contributed by atoms with E-state index in [4.69, 9.17) is 5.73 Å². The van der Waals surface area contributed by atoms with Crippen LogP contribution in [-0.2, 0) is 4.79 Å². The summed E-state index contributed by atoms with van der Waals surface area (Å²) >= 11 is 0. The fourth-order valence-corrected chi connectivity index (χ4v) is 1.01. The number of primary amides is 1. The topological polar surface area (TPSA) is 43.1 Å². The molecule has 2 N–H and O–H groups in total. The Morgan fingerprint density at radius 1 is 1.27 bits per heavy atom. The summed E-state index contributed by atoms with van der Waals surface area (Å²) in [6.45, 7) is 0. The number of benzene rings is 1. The van der Waals surface area contributed by atoms with Crippen molar-refractivity contribution in [2.24, 2.45) is 5.73 Å². The Bertz CT molecular complexity index is 392. The molecule has 1 amide bonds. The fourth-order valence-electron chi connectivity index (χ4n) is 1.01. The summed E-state index contributed by atoms with van der Waals surface area (Å²) in [7, 11) is 0. The average Bonchev–Trinajstić information content (AvgIpc) is 2.08. The van der Waals surface area contributed by atoms with Crippen LogP contribution in [0.2, 0.25) is 0 Å². The van der Waals surface area contributed by atoms with Gasteiger partial charge in [-0.3, -0.25) is 4.79 Å². The van der Waals surface area contributed by atoms with Gasteiger partial charge in [0.15, 0.2) is 0 Å². The zero-order valence-electron chi connectivity index (χ0n) is 7.64. The first kappa shape index (κ1) is 11.3. The molecule has 1 aromatic rings. The number of amides is 1. The highest BCUT2D eigenvalue weighted by atomic mass is 19.1. The van der Waals surface area contributed by atoms with Gasteiger partial charge in [0.25, 0.3) is 0 Å². The summed E-state index contributed by atoms with van der Waals surface area (Å²) in [5, 5.41) is 0. The van der Waals surface area contributed by atoms with Crippen LogP contribution in [0.4, 0.5) is 13.2 Å². The molecule has 80 valence electrons. The van der Waals surface area contributed by atoms with Gasteiger partial charge in [0.1, 0.15) is 17.5 Å². The quantitative estimate of drug-likeness (QED) is 0.823. The largest absolute Gasteiger partial charge is 0.369 e. The number of carbonyl (C=O) groups excluding carboxylic acids is 1. The Balaban J connectivity index is 2.94. The molecule has 0 saturated heterocycles. The van der Waals surface area contributed by atoms with E-state index in [2.05, 4.69) is 0 Å². The highest BCUT2D eigenvalue weighted by molar-refractivity contribution is 5.76. The van der Waals surface area contributed by atoms with Gasteiger partial charge < -0.3 is 5.73 Å². The molecule has 15 heavy (non-hydrogen) atoms. The lowest BCUT2D eigenvalue weighted by Crippen LogP contribution is -2.08. The van der Waals surface area contributed by atoms with Crippen LogP contribution in [-0.4, -0.2) is 5.91 Å². The minimum absolute atomic E-state index is 0.129. The second kappa shape index (κ2) is 4.63. The van der Waals surface area contributed by atoms with E-state index in [1.807, 2.05) is 0 Å². The third-order valence-corrected chi connectivity index (χ3v) is 1.65. The minimum atomic E-state index is -1.02. The van der Waals surface area contributed by atoms with E-state index in [9.17, 15) is 18.0 Å². The van der Waals surface area contributed by atoms with Crippen molar-refractivity contribution in [1.29, 1.82) is 0 Å². The molecular formula is C10H8F3NO. The highest BCUT2D eigenvalue weighted by Gasteiger charge is 2.08. The second-order valence-electron chi connectivity index (χ2n) is 2.86. The maximum absolute atomic E-state index is 13.0. The van der Waals surface area contributed by atoms with Crippen molar-refractivity contribution in [3.05, 3.63) is 41.2 Å². The van der Waals surface area contributed by atoms with E-state index in [1.165, 1.54) is 6.08 Å². The van der Waals surface area contributed by atoms with Crippen LogP contribution in [0.1, 0.15) is 12.0 Å². The second-order valence-corrected chi connectivity index (χ2v) is 2.86. The van der Waals surface area contributed by atoms with Crippen LogP contribution >= 0.6 is 0 Å². The first-order valence-electron chi connectivity index (χ1n) is 4.10. The summed E-state index contributed by atoms with van der Waals surface area (Å²) in [6, 6.07) is 1.13. The number of hydrogen-bond acceptors (Lipinski definition) is 1. The smallest absolute Gasteiger partial charge is 0.221 e. The number of hydrogen-bond donors (Lipinski definition) is 1. The molecule has 5 heteroatoms. The van der Waals surface area contributed by atoms with Gasteiger partial charge in [-0.2, -0.15) is 0 Å². The molecule has 0 fully saturated rings. The van der Waals surface area contributed by atoms with Gasteiger partial charge in [-0.15, -0.1) is 0 Å². The van der Waals surface area contributed by atoms with Gasteiger partial charge in [0.2, 0.25) is 5.91 Å². The first-order valence-corrected chi connectivity index (χ1v) is 4.10. The van der Waals surface area contributed by atoms with Gasteiger partial charge >= 0.3 is 0 Å². The van der Waals surface area contributed by atoms with Crippen molar-refractivity contribution in [3.8, 4) is 0 Å². The Kier molecular flexibility index (Phi) is 3.49. The third kappa shape index (κ3) is 3.12. The van der Waals surface area contributed by atoms with Crippen molar-refractivity contribution in [1.82, 2.24) is 0 Å². The summed E-state index contributed by atoms with van der Waals surface area (Å²) < 4.78 is 38.5. The summed E-state index contributed by atoms with van der Waals surface area (Å²) in [6.07, 6.45) is 2.13. The molecule has 0 aromatic heterocycles. The van der Waals surface area contributed by atoms with Crippen molar-refractivity contribution < 1.29 is 18.0 Å². The van der Waals surface area contributed by atoms with Gasteiger partial charge in [-0.05, 0) is 0 Å². The van der Waals surface area contributed by atoms with Gasteiger partial charge in [-0.25, -0.2) is 13.2 Å². The molecule has 0 heterocycles. The van der Waals surface area contributed by atoms with Crippen LogP contribution in [0.15, 0.2) is 18.2 Å². The van der Waals surface area contributed by atoms with E-state index in [0.717, 1.165) is 6.08 Å². The number of carbonyl (C=O) groups is 1. The van der Waals surface area contributed by atoms with Crippen LogP contribution in [0.25, 0.3) is 6.08 Å². The molecule has 2 nitrogen and oxygen atoms in total. The molecule has 0 unspecified atom stereocenters. The van der Waals surface area contributed by atoms with E-state index < -0.39 is 28.9 Å². The van der Waals surface area contributed by atoms with Crippen molar-refractivity contribution >= 4 is 12.0 Å². The zero-order valence-corrected chi connectivity index (χ0v) is 7.64. The van der Waals surface area contributed by atoms with Crippen LogP contribution in [0.3, 0.4) is 0 Å².